The number of benzene rings is 2. The highest BCUT2D eigenvalue weighted by molar-refractivity contribution is 6.12. The van der Waals surface area contributed by atoms with E-state index in [2.05, 4.69) is 5.32 Å². The number of aromatic nitrogens is 1. The molecule has 1 heterocycles. The molecule has 0 atom stereocenters. The SMILES string of the molecule is COc1cc(NC(=O)c2cc(=O)n(C)c3ccccc23)cc(OC)c1. The van der Waals surface area contributed by atoms with Gasteiger partial charge in [0.15, 0.2) is 0 Å². The lowest BCUT2D eigenvalue weighted by atomic mass is 10.1. The summed E-state index contributed by atoms with van der Waals surface area (Å²) < 4.78 is 11.9. The van der Waals surface area contributed by atoms with Crippen LogP contribution in [-0.2, 0) is 7.05 Å². The summed E-state index contributed by atoms with van der Waals surface area (Å²) in [5.41, 5.74) is 1.29. The number of hydrogen-bond donors (Lipinski definition) is 1. The predicted octanol–water partition coefficient (Wildman–Crippen LogP) is 2.81. The molecule has 0 radical (unpaired) electrons. The van der Waals surface area contributed by atoms with E-state index in [0.29, 0.717) is 33.7 Å². The van der Waals surface area contributed by atoms with E-state index in [1.165, 1.54) is 24.9 Å². The highest BCUT2D eigenvalue weighted by atomic mass is 16.5. The summed E-state index contributed by atoms with van der Waals surface area (Å²) >= 11 is 0. The van der Waals surface area contributed by atoms with E-state index in [0.717, 1.165) is 0 Å². The Bertz CT molecular complexity index is 986. The number of methoxy groups -OCH3 is 2. The number of fused-ring (bicyclic) bond motifs is 1. The summed E-state index contributed by atoms with van der Waals surface area (Å²) in [6, 6.07) is 13.7. The van der Waals surface area contributed by atoms with Gasteiger partial charge in [-0.25, -0.2) is 0 Å². The number of nitrogens with one attached hydrogen (secondary N) is 1. The van der Waals surface area contributed by atoms with Crippen LogP contribution in [0.1, 0.15) is 10.4 Å². The first-order chi connectivity index (χ1) is 12.0. The van der Waals surface area contributed by atoms with E-state index in [1.807, 2.05) is 24.3 Å². The van der Waals surface area contributed by atoms with Crippen molar-refractivity contribution in [2.45, 2.75) is 0 Å². The third-order valence-corrected chi connectivity index (χ3v) is 4.01. The zero-order valence-electron chi connectivity index (χ0n) is 14.2. The van der Waals surface area contributed by atoms with E-state index in [-0.39, 0.29) is 11.5 Å². The van der Waals surface area contributed by atoms with Crippen LogP contribution in [0.4, 0.5) is 5.69 Å². The number of nitrogens with zero attached hydrogens (tertiary/aromatic N) is 1. The minimum absolute atomic E-state index is 0.243. The molecule has 0 saturated carbocycles. The molecule has 1 aromatic heterocycles. The number of carbonyl (C=O) groups excluding carboxylic acids is 1. The number of anilines is 1. The number of para-hydroxylation sites is 1. The van der Waals surface area contributed by atoms with Crippen molar-refractivity contribution >= 4 is 22.5 Å². The zero-order valence-corrected chi connectivity index (χ0v) is 14.2. The molecule has 3 aromatic rings. The maximum Gasteiger partial charge on any atom is 0.256 e. The third kappa shape index (κ3) is 3.19. The smallest absolute Gasteiger partial charge is 0.256 e. The average molecular weight is 338 g/mol. The third-order valence-electron chi connectivity index (χ3n) is 4.01. The molecule has 0 bridgehead atoms. The number of aryl methyl sites for hydroxylation is 1. The molecule has 6 nitrogen and oxygen atoms in total. The lowest BCUT2D eigenvalue weighted by molar-refractivity contribution is 0.102. The molecule has 0 saturated heterocycles. The topological polar surface area (TPSA) is 69.6 Å². The Morgan fingerprint density at radius 3 is 2.28 bits per heavy atom. The number of rotatable bonds is 4. The van der Waals surface area contributed by atoms with Gasteiger partial charge >= 0.3 is 0 Å². The molecule has 1 N–H and O–H groups in total. The van der Waals surface area contributed by atoms with Crippen molar-refractivity contribution in [1.29, 1.82) is 0 Å². The van der Waals surface area contributed by atoms with Gasteiger partial charge in [0.05, 0.1) is 25.3 Å². The molecule has 0 fully saturated rings. The van der Waals surface area contributed by atoms with Crippen molar-refractivity contribution in [2.75, 3.05) is 19.5 Å². The van der Waals surface area contributed by atoms with Gasteiger partial charge in [-0.1, -0.05) is 18.2 Å². The molecular formula is C19H18N2O4. The van der Waals surface area contributed by atoms with Crippen molar-refractivity contribution in [3.63, 3.8) is 0 Å². The summed E-state index contributed by atoms with van der Waals surface area (Å²) in [5, 5.41) is 3.50. The van der Waals surface area contributed by atoms with Crippen LogP contribution >= 0.6 is 0 Å². The highest BCUT2D eigenvalue weighted by Gasteiger charge is 2.14. The number of pyridine rings is 1. The Kier molecular flexibility index (Phi) is 4.43. The monoisotopic (exact) mass is 338 g/mol. The van der Waals surface area contributed by atoms with Gasteiger partial charge in [0.1, 0.15) is 11.5 Å². The first kappa shape index (κ1) is 16.6. The lowest BCUT2D eigenvalue weighted by Gasteiger charge is -2.12. The zero-order chi connectivity index (χ0) is 18.0. The molecule has 3 rings (SSSR count). The fourth-order valence-electron chi connectivity index (χ4n) is 2.68. The van der Waals surface area contributed by atoms with Crippen LogP contribution in [-0.4, -0.2) is 24.7 Å². The molecule has 1 amide bonds. The maximum absolute atomic E-state index is 12.7. The molecule has 25 heavy (non-hydrogen) atoms. The van der Waals surface area contributed by atoms with Crippen molar-refractivity contribution in [2.24, 2.45) is 7.05 Å². The first-order valence-electron chi connectivity index (χ1n) is 7.66. The Labute approximate surface area is 144 Å². The summed E-state index contributed by atoms with van der Waals surface area (Å²) in [6.07, 6.45) is 0. The fraction of sp³-hybridized carbons (Fsp3) is 0.158. The molecule has 0 aliphatic heterocycles. The Hall–Kier alpha value is -3.28. The summed E-state index contributed by atoms with van der Waals surface area (Å²) in [5.74, 6) is 0.746. The predicted molar refractivity (Wildman–Crippen MR) is 96.7 cm³/mol. The van der Waals surface area contributed by atoms with Gasteiger partial charge in [0, 0.05) is 42.4 Å². The molecule has 2 aromatic carbocycles. The van der Waals surface area contributed by atoms with E-state index >= 15 is 0 Å². The largest absolute Gasteiger partial charge is 0.497 e. The second-order valence-corrected chi connectivity index (χ2v) is 5.53. The minimum Gasteiger partial charge on any atom is -0.497 e. The number of amides is 1. The van der Waals surface area contributed by atoms with E-state index in [1.54, 1.807) is 25.2 Å². The van der Waals surface area contributed by atoms with Gasteiger partial charge in [-0.2, -0.15) is 0 Å². The van der Waals surface area contributed by atoms with Crippen molar-refractivity contribution in [1.82, 2.24) is 4.57 Å². The highest BCUT2D eigenvalue weighted by Crippen LogP contribution is 2.26. The first-order valence-corrected chi connectivity index (χ1v) is 7.66. The molecule has 0 aliphatic carbocycles. The van der Waals surface area contributed by atoms with Crippen LogP contribution < -0.4 is 20.3 Å². The standard InChI is InChI=1S/C19H18N2O4/c1-21-17-7-5-4-6-15(17)16(11-18(21)22)19(23)20-12-8-13(24-2)10-14(9-12)25-3/h4-11H,1-3H3,(H,20,23). The quantitative estimate of drug-likeness (QED) is 0.794. The molecular weight excluding hydrogens is 320 g/mol. The summed E-state index contributed by atoms with van der Waals surface area (Å²) in [7, 11) is 4.75. The Morgan fingerprint density at radius 2 is 1.64 bits per heavy atom. The van der Waals surface area contributed by atoms with E-state index < -0.39 is 0 Å². The molecule has 0 spiro atoms. The summed E-state index contributed by atoms with van der Waals surface area (Å²) in [6.45, 7) is 0. The van der Waals surface area contributed by atoms with Crippen LogP contribution in [0.3, 0.4) is 0 Å². The fourth-order valence-corrected chi connectivity index (χ4v) is 2.68. The number of carbonyl (C=O) groups is 1. The molecule has 0 aliphatic rings. The lowest BCUT2D eigenvalue weighted by Crippen LogP contribution is -2.21. The van der Waals surface area contributed by atoms with Crippen molar-refractivity contribution in [3.8, 4) is 11.5 Å². The normalized spacial score (nSPS) is 10.5. The van der Waals surface area contributed by atoms with Crippen LogP contribution in [0.25, 0.3) is 10.9 Å². The van der Waals surface area contributed by atoms with E-state index in [4.69, 9.17) is 9.47 Å². The van der Waals surface area contributed by atoms with Crippen molar-refractivity contribution < 1.29 is 14.3 Å². The van der Waals surface area contributed by atoms with E-state index in [9.17, 15) is 9.59 Å². The van der Waals surface area contributed by atoms with Gasteiger partial charge < -0.3 is 19.4 Å². The minimum atomic E-state index is -0.371. The van der Waals surface area contributed by atoms with Gasteiger partial charge in [0.2, 0.25) is 0 Å². The maximum atomic E-state index is 12.7. The number of ether oxygens (including phenoxy) is 2. The van der Waals surface area contributed by atoms with Crippen molar-refractivity contribution in [3.05, 3.63) is 64.4 Å². The second kappa shape index (κ2) is 6.68. The van der Waals surface area contributed by atoms with Gasteiger partial charge in [0.25, 0.3) is 11.5 Å². The Morgan fingerprint density at radius 1 is 1.00 bits per heavy atom. The van der Waals surface area contributed by atoms with Crippen LogP contribution in [0.2, 0.25) is 0 Å². The average Bonchev–Trinajstić information content (AvgIpc) is 2.64. The molecule has 6 heteroatoms. The summed E-state index contributed by atoms with van der Waals surface area (Å²) in [4.78, 5) is 24.9. The van der Waals surface area contributed by atoms with Gasteiger partial charge in [-0.05, 0) is 6.07 Å². The second-order valence-electron chi connectivity index (χ2n) is 5.53. The van der Waals surface area contributed by atoms with Crippen LogP contribution in [0, 0.1) is 0 Å². The van der Waals surface area contributed by atoms with Crippen LogP contribution in [0.5, 0.6) is 11.5 Å². The van der Waals surface area contributed by atoms with Crippen LogP contribution in [0.15, 0.2) is 53.3 Å². The van der Waals surface area contributed by atoms with Gasteiger partial charge in [-0.3, -0.25) is 9.59 Å². The number of hydrogen-bond acceptors (Lipinski definition) is 4. The molecule has 0 unspecified atom stereocenters. The molecule has 128 valence electrons. The Balaban J connectivity index is 2.04. The van der Waals surface area contributed by atoms with Gasteiger partial charge in [-0.15, -0.1) is 0 Å².